The van der Waals surface area contributed by atoms with Gasteiger partial charge < -0.3 is 14.2 Å². The van der Waals surface area contributed by atoms with Crippen LogP contribution in [0.2, 0.25) is 0 Å². The Morgan fingerprint density at radius 2 is 1.78 bits per heavy atom. The molecule has 0 atom stereocenters. The minimum Gasteiger partial charge on any atom is -0.486 e. The summed E-state index contributed by atoms with van der Waals surface area (Å²) in [6.07, 6.45) is 4.08. The van der Waals surface area contributed by atoms with Crippen LogP contribution in [-0.2, 0) is 19.9 Å². The quantitative estimate of drug-likeness (QED) is 0.839. The van der Waals surface area contributed by atoms with Gasteiger partial charge in [0.1, 0.15) is 17.4 Å². The van der Waals surface area contributed by atoms with Crippen molar-refractivity contribution < 1.29 is 9.53 Å². The van der Waals surface area contributed by atoms with Crippen molar-refractivity contribution in [1.29, 1.82) is 0 Å². The van der Waals surface area contributed by atoms with Crippen LogP contribution in [0.1, 0.15) is 45.6 Å². The van der Waals surface area contributed by atoms with Gasteiger partial charge in [0.05, 0.1) is 13.1 Å². The highest BCUT2D eigenvalue weighted by atomic mass is 16.5. The Hall–Kier alpha value is -2.56. The summed E-state index contributed by atoms with van der Waals surface area (Å²) in [4.78, 5) is 27.3. The predicted octanol–water partition coefficient (Wildman–Crippen LogP) is 2.78. The lowest BCUT2D eigenvalue weighted by Gasteiger charge is -2.39. The standard InChI is InChI=1S/C22H26N2O3/c1-14-7-6-8-15(2)20(14)27-17-12-24(13-17)22(26)18-11-16-9-4-5-10-19(16)23(3)21(18)25/h6-8,11,17H,4-5,9-10,12-13H2,1-3H3. The van der Waals surface area contributed by atoms with Gasteiger partial charge in [-0.3, -0.25) is 9.59 Å². The molecule has 0 saturated carbocycles. The zero-order valence-corrected chi connectivity index (χ0v) is 16.2. The second-order valence-electron chi connectivity index (χ2n) is 7.77. The molecule has 1 aromatic heterocycles. The third-order valence-corrected chi connectivity index (χ3v) is 5.80. The summed E-state index contributed by atoms with van der Waals surface area (Å²) in [5.41, 5.74) is 4.55. The van der Waals surface area contributed by atoms with E-state index in [1.165, 1.54) is 0 Å². The molecule has 1 aliphatic carbocycles. The van der Waals surface area contributed by atoms with Crippen LogP contribution < -0.4 is 10.3 Å². The number of carbonyl (C=O) groups excluding carboxylic acids is 1. The Balaban J connectivity index is 1.48. The number of hydrogen-bond donors (Lipinski definition) is 0. The van der Waals surface area contributed by atoms with E-state index in [2.05, 4.69) is 0 Å². The highest BCUT2D eigenvalue weighted by molar-refractivity contribution is 5.94. The van der Waals surface area contributed by atoms with Crippen LogP contribution in [0, 0.1) is 13.8 Å². The summed E-state index contributed by atoms with van der Waals surface area (Å²) in [5.74, 6) is 0.727. The van der Waals surface area contributed by atoms with Crippen molar-refractivity contribution in [3.63, 3.8) is 0 Å². The van der Waals surface area contributed by atoms with Gasteiger partial charge in [0, 0.05) is 12.7 Å². The van der Waals surface area contributed by atoms with Gasteiger partial charge in [-0.1, -0.05) is 18.2 Å². The van der Waals surface area contributed by atoms with Crippen molar-refractivity contribution in [3.05, 3.63) is 62.6 Å². The van der Waals surface area contributed by atoms with Crippen LogP contribution in [0.5, 0.6) is 5.75 Å². The molecule has 1 aromatic carbocycles. The molecule has 27 heavy (non-hydrogen) atoms. The van der Waals surface area contributed by atoms with Gasteiger partial charge in [-0.25, -0.2) is 0 Å². The largest absolute Gasteiger partial charge is 0.486 e. The third-order valence-electron chi connectivity index (χ3n) is 5.80. The Morgan fingerprint density at radius 3 is 2.48 bits per heavy atom. The van der Waals surface area contributed by atoms with E-state index < -0.39 is 0 Å². The highest BCUT2D eigenvalue weighted by Gasteiger charge is 2.35. The van der Waals surface area contributed by atoms with Crippen molar-refractivity contribution >= 4 is 5.91 Å². The average molecular weight is 366 g/mol. The highest BCUT2D eigenvalue weighted by Crippen LogP contribution is 2.27. The van der Waals surface area contributed by atoms with E-state index in [1.54, 1.807) is 16.5 Å². The minimum absolute atomic E-state index is 0.0183. The lowest BCUT2D eigenvalue weighted by atomic mass is 9.94. The molecular weight excluding hydrogens is 340 g/mol. The van der Waals surface area contributed by atoms with Crippen LogP contribution in [0.15, 0.2) is 29.1 Å². The summed E-state index contributed by atoms with van der Waals surface area (Å²) < 4.78 is 7.77. The first-order valence-electron chi connectivity index (χ1n) is 9.69. The van der Waals surface area contributed by atoms with Crippen LogP contribution in [-0.4, -0.2) is 34.6 Å². The number of aryl methyl sites for hydroxylation is 3. The summed E-state index contributed by atoms with van der Waals surface area (Å²) in [5, 5.41) is 0. The fourth-order valence-electron chi connectivity index (χ4n) is 4.14. The Bertz CT molecular complexity index is 935. The maximum atomic E-state index is 12.9. The van der Waals surface area contributed by atoms with Crippen LogP contribution in [0.25, 0.3) is 0 Å². The topological polar surface area (TPSA) is 51.5 Å². The van der Waals surface area contributed by atoms with Crippen LogP contribution in [0.4, 0.5) is 0 Å². The molecule has 2 aliphatic rings. The van der Waals surface area contributed by atoms with Gasteiger partial charge in [-0.05, 0) is 62.3 Å². The van der Waals surface area contributed by atoms with Gasteiger partial charge in [0.25, 0.3) is 11.5 Å². The Labute approximate surface area is 159 Å². The molecule has 142 valence electrons. The summed E-state index contributed by atoms with van der Waals surface area (Å²) in [6, 6.07) is 7.90. The lowest BCUT2D eigenvalue weighted by molar-refractivity contribution is 0.0171. The third kappa shape index (κ3) is 3.15. The first-order valence-corrected chi connectivity index (χ1v) is 9.69. The van der Waals surface area contributed by atoms with E-state index in [9.17, 15) is 9.59 Å². The molecule has 0 radical (unpaired) electrons. The lowest BCUT2D eigenvalue weighted by Crippen LogP contribution is -2.57. The number of likely N-dealkylation sites (tertiary alicyclic amines) is 1. The zero-order chi connectivity index (χ0) is 19.1. The molecule has 0 spiro atoms. The second-order valence-corrected chi connectivity index (χ2v) is 7.77. The molecule has 2 heterocycles. The number of carbonyl (C=O) groups is 1. The molecule has 0 N–H and O–H groups in total. The number of aromatic nitrogens is 1. The SMILES string of the molecule is Cc1cccc(C)c1OC1CN(C(=O)c2cc3c(n(C)c2=O)CCCC3)C1. The molecule has 1 amide bonds. The van der Waals surface area contributed by atoms with E-state index in [0.717, 1.165) is 53.8 Å². The summed E-state index contributed by atoms with van der Waals surface area (Å²) in [7, 11) is 1.78. The fourth-order valence-corrected chi connectivity index (χ4v) is 4.14. The van der Waals surface area contributed by atoms with Crippen molar-refractivity contribution in [2.75, 3.05) is 13.1 Å². The molecular formula is C22H26N2O3. The maximum absolute atomic E-state index is 12.9. The molecule has 2 aromatic rings. The van der Waals surface area contributed by atoms with Gasteiger partial charge in [0.15, 0.2) is 0 Å². The first kappa shape index (κ1) is 17.8. The number of fused-ring (bicyclic) bond motifs is 1. The van der Waals surface area contributed by atoms with Crippen molar-refractivity contribution in [2.45, 2.75) is 45.6 Å². The zero-order valence-electron chi connectivity index (χ0n) is 16.2. The molecule has 5 heteroatoms. The number of amides is 1. The molecule has 0 bridgehead atoms. The predicted molar refractivity (Wildman–Crippen MR) is 105 cm³/mol. The monoisotopic (exact) mass is 366 g/mol. The number of ether oxygens (including phenoxy) is 1. The van der Waals surface area contributed by atoms with E-state index in [4.69, 9.17) is 4.74 Å². The van der Waals surface area contributed by atoms with Gasteiger partial charge >= 0.3 is 0 Å². The van der Waals surface area contributed by atoms with Crippen molar-refractivity contribution in [3.8, 4) is 5.75 Å². The first-order chi connectivity index (χ1) is 13.0. The fraction of sp³-hybridized carbons (Fsp3) is 0.455. The van der Waals surface area contributed by atoms with E-state index >= 15 is 0 Å². The number of para-hydroxylation sites is 1. The second kappa shape index (κ2) is 6.87. The van der Waals surface area contributed by atoms with E-state index in [-0.39, 0.29) is 17.6 Å². The number of hydrogen-bond acceptors (Lipinski definition) is 3. The average Bonchev–Trinajstić information content (AvgIpc) is 2.62. The normalized spacial score (nSPS) is 16.6. The number of benzene rings is 1. The number of nitrogens with zero attached hydrogens (tertiary/aromatic N) is 2. The van der Waals surface area contributed by atoms with E-state index in [0.29, 0.717) is 18.7 Å². The van der Waals surface area contributed by atoms with Crippen molar-refractivity contribution in [1.82, 2.24) is 9.47 Å². The molecule has 1 aliphatic heterocycles. The maximum Gasteiger partial charge on any atom is 0.263 e. The smallest absolute Gasteiger partial charge is 0.263 e. The molecule has 5 nitrogen and oxygen atoms in total. The van der Waals surface area contributed by atoms with Crippen LogP contribution in [0.3, 0.4) is 0 Å². The molecule has 0 unspecified atom stereocenters. The van der Waals surface area contributed by atoms with Gasteiger partial charge in [-0.15, -0.1) is 0 Å². The number of pyridine rings is 1. The minimum atomic E-state index is -0.181. The summed E-state index contributed by atoms with van der Waals surface area (Å²) in [6.45, 7) is 5.10. The molecule has 1 saturated heterocycles. The molecule has 4 rings (SSSR count). The Morgan fingerprint density at radius 1 is 1.11 bits per heavy atom. The summed E-state index contributed by atoms with van der Waals surface area (Å²) >= 11 is 0. The molecule has 1 fully saturated rings. The van der Waals surface area contributed by atoms with Gasteiger partial charge in [0.2, 0.25) is 0 Å². The van der Waals surface area contributed by atoms with Gasteiger partial charge in [-0.2, -0.15) is 0 Å². The number of rotatable bonds is 3. The van der Waals surface area contributed by atoms with E-state index in [1.807, 2.05) is 38.1 Å². The van der Waals surface area contributed by atoms with Crippen LogP contribution >= 0.6 is 0 Å². The Kier molecular flexibility index (Phi) is 4.54. The van der Waals surface area contributed by atoms with Crippen molar-refractivity contribution in [2.24, 2.45) is 7.05 Å².